The highest BCUT2D eigenvalue weighted by atomic mass is 35.5. The normalized spacial score (nSPS) is 16.1. The number of ether oxygens (including phenoxy) is 1. The second-order valence-corrected chi connectivity index (χ2v) is 6.22. The second kappa shape index (κ2) is 9.55. The monoisotopic (exact) mass is 375 g/mol. The molecule has 1 N–H and O–H groups in total. The highest BCUT2D eigenvalue weighted by molar-refractivity contribution is 6.62. The predicted octanol–water partition coefficient (Wildman–Crippen LogP) is 4.36. The highest BCUT2D eigenvalue weighted by Crippen LogP contribution is 2.29. The summed E-state index contributed by atoms with van der Waals surface area (Å²) in [7, 11) is 1.53. The first-order valence-corrected chi connectivity index (χ1v) is 9.24. The van der Waals surface area contributed by atoms with Gasteiger partial charge in [-0.25, -0.2) is 0 Å². The molecular formula is C20H26ClN3O2. The van der Waals surface area contributed by atoms with Crippen LogP contribution in [-0.4, -0.2) is 38.4 Å². The van der Waals surface area contributed by atoms with Gasteiger partial charge in [-0.05, 0) is 56.2 Å². The maximum absolute atomic E-state index is 12.3. The zero-order chi connectivity index (χ0) is 19.1. The van der Waals surface area contributed by atoms with Crippen molar-refractivity contribution < 1.29 is 9.53 Å². The van der Waals surface area contributed by atoms with Crippen LogP contribution >= 0.6 is 11.6 Å². The fraction of sp³-hybridized carbons (Fsp3) is 0.400. The van der Waals surface area contributed by atoms with Gasteiger partial charge in [-0.1, -0.05) is 18.5 Å². The number of hydrogen-bond donors (Lipinski definition) is 1. The summed E-state index contributed by atoms with van der Waals surface area (Å²) in [5.41, 5.74) is 4.00. The van der Waals surface area contributed by atoms with Crippen LogP contribution in [0.2, 0.25) is 0 Å². The molecule has 0 aromatic heterocycles. The van der Waals surface area contributed by atoms with Crippen molar-refractivity contribution in [1.29, 1.82) is 0 Å². The number of carbonyl (C=O) groups is 1. The molecule has 0 saturated heterocycles. The van der Waals surface area contributed by atoms with Crippen molar-refractivity contribution in [1.82, 2.24) is 0 Å². The van der Waals surface area contributed by atoms with Gasteiger partial charge in [-0.2, -0.15) is 0 Å². The third kappa shape index (κ3) is 4.54. The van der Waals surface area contributed by atoms with Gasteiger partial charge in [0.25, 0.3) is 0 Å². The number of nitrogens with zero attached hydrogens (tertiary/aromatic N) is 2. The number of aliphatic imine (C=N–C) groups is 1. The molecule has 0 saturated carbocycles. The van der Waals surface area contributed by atoms with Crippen molar-refractivity contribution >= 4 is 34.5 Å². The lowest BCUT2D eigenvalue weighted by molar-refractivity contribution is -0.109. The van der Waals surface area contributed by atoms with Crippen molar-refractivity contribution in [3.05, 3.63) is 46.6 Å². The molecule has 2 rings (SSSR count). The molecule has 0 bridgehead atoms. The van der Waals surface area contributed by atoms with E-state index in [4.69, 9.17) is 16.3 Å². The summed E-state index contributed by atoms with van der Waals surface area (Å²) >= 11 is 6.29. The molecule has 0 heterocycles. The maximum Gasteiger partial charge on any atom is 0.222 e. The number of hydrogen-bond acceptors (Lipinski definition) is 5. The third-order valence-electron chi connectivity index (χ3n) is 4.30. The molecule has 140 valence electrons. The molecule has 1 aromatic carbocycles. The van der Waals surface area contributed by atoms with Crippen LogP contribution in [0.25, 0.3) is 0 Å². The van der Waals surface area contributed by atoms with Crippen LogP contribution in [0, 0.1) is 0 Å². The largest absolute Gasteiger partial charge is 0.372 e. The molecule has 0 radical (unpaired) electrons. The van der Waals surface area contributed by atoms with E-state index in [0.29, 0.717) is 12.1 Å². The summed E-state index contributed by atoms with van der Waals surface area (Å²) in [5.74, 6) is -0.261. The van der Waals surface area contributed by atoms with Gasteiger partial charge in [-0.3, -0.25) is 9.79 Å². The summed E-state index contributed by atoms with van der Waals surface area (Å²) in [6.45, 7) is 8.31. The van der Waals surface area contributed by atoms with Crippen molar-refractivity contribution in [2.45, 2.75) is 27.2 Å². The molecule has 26 heavy (non-hydrogen) atoms. The Hall–Kier alpha value is -2.11. The number of carbonyl (C=O) groups excluding carboxylic acids is 1. The summed E-state index contributed by atoms with van der Waals surface area (Å²) in [5, 5.41) is 3.58. The van der Waals surface area contributed by atoms with Gasteiger partial charge in [0.2, 0.25) is 5.78 Å². The number of halogens is 1. The Morgan fingerprint density at radius 3 is 2.35 bits per heavy atom. The number of methoxy groups -OCH3 is 1. The molecule has 0 aliphatic heterocycles. The van der Waals surface area contributed by atoms with E-state index in [9.17, 15) is 4.79 Å². The lowest BCUT2D eigenvalue weighted by atomic mass is 9.98. The van der Waals surface area contributed by atoms with Crippen molar-refractivity contribution in [2.75, 3.05) is 37.1 Å². The molecule has 1 aliphatic carbocycles. The quantitative estimate of drug-likeness (QED) is 0.686. The minimum atomic E-state index is -0.261. The van der Waals surface area contributed by atoms with E-state index < -0.39 is 0 Å². The Morgan fingerprint density at radius 2 is 1.81 bits per heavy atom. The Labute approximate surface area is 160 Å². The number of rotatable bonds is 8. The van der Waals surface area contributed by atoms with E-state index in [1.165, 1.54) is 12.8 Å². The molecule has 0 unspecified atom stereocenters. The van der Waals surface area contributed by atoms with Crippen LogP contribution in [-0.2, 0) is 9.53 Å². The number of anilines is 2. The van der Waals surface area contributed by atoms with E-state index in [1.807, 2.05) is 19.1 Å². The smallest absolute Gasteiger partial charge is 0.222 e. The highest BCUT2D eigenvalue weighted by Gasteiger charge is 2.25. The van der Waals surface area contributed by atoms with Crippen LogP contribution in [0.15, 0.2) is 51.6 Å². The van der Waals surface area contributed by atoms with Crippen molar-refractivity contribution in [3.8, 4) is 0 Å². The van der Waals surface area contributed by atoms with E-state index in [0.717, 1.165) is 30.0 Å². The van der Waals surface area contributed by atoms with Crippen molar-refractivity contribution in [2.24, 2.45) is 4.99 Å². The number of benzene rings is 1. The van der Waals surface area contributed by atoms with Crippen LogP contribution in [0.4, 0.5) is 11.4 Å². The zero-order valence-electron chi connectivity index (χ0n) is 15.8. The SMILES string of the molecule is CCC1=C(Cl)C(=O)C(=NCOC)C=C1Nc1ccc(N(CC)CC)cc1. The first kappa shape index (κ1) is 20.2. The lowest BCUT2D eigenvalue weighted by Crippen LogP contribution is -2.23. The van der Waals surface area contributed by atoms with Gasteiger partial charge in [0.05, 0.1) is 5.03 Å². The van der Waals surface area contributed by atoms with Gasteiger partial charge >= 0.3 is 0 Å². The van der Waals surface area contributed by atoms with Crippen LogP contribution < -0.4 is 10.2 Å². The number of nitrogens with one attached hydrogen (secondary N) is 1. The van der Waals surface area contributed by atoms with Crippen LogP contribution in [0.3, 0.4) is 0 Å². The van der Waals surface area contributed by atoms with Crippen LogP contribution in [0.1, 0.15) is 27.2 Å². The molecule has 1 aliphatic rings. The average Bonchev–Trinajstić information content (AvgIpc) is 2.66. The minimum Gasteiger partial charge on any atom is -0.372 e. The number of Topliss-reactive ketones (excluding diaryl/α,β-unsaturated/α-hetero) is 1. The molecular weight excluding hydrogens is 350 g/mol. The van der Waals surface area contributed by atoms with E-state index in [2.05, 4.69) is 41.2 Å². The first-order valence-electron chi connectivity index (χ1n) is 8.86. The number of ketones is 1. The second-order valence-electron chi connectivity index (χ2n) is 5.84. The van der Waals surface area contributed by atoms with Gasteiger partial charge in [0.1, 0.15) is 12.4 Å². The summed E-state index contributed by atoms with van der Waals surface area (Å²) in [6.07, 6.45) is 2.39. The molecule has 0 amide bonds. The topological polar surface area (TPSA) is 53.9 Å². The Balaban J connectivity index is 2.28. The standard InChI is InChI=1S/C20H26ClN3O2/c1-5-16-17(12-18(22-13-26-4)20(25)19(16)21)23-14-8-10-15(11-9-14)24(6-2)7-3/h8-12,23H,5-7,13H2,1-4H3. The fourth-order valence-electron chi connectivity index (χ4n) is 2.87. The minimum absolute atomic E-state index is 0.120. The lowest BCUT2D eigenvalue weighted by Gasteiger charge is -2.22. The van der Waals surface area contributed by atoms with E-state index >= 15 is 0 Å². The van der Waals surface area contributed by atoms with Gasteiger partial charge in [-0.15, -0.1) is 0 Å². The van der Waals surface area contributed by atoms with Gasteiger partial charge < -0.3 is 15.0 Å². The Morgan fingerprint density at radius 1 is 1.15 bits per heavy atom. The summed E-state index contributed by atoms with van der Waals surface area (Å²) < 4.78 is 4.94. The van der Waals surface area contributed by atoms with Gasteiger partial charge in [0, 0.05) is 37.3 Å². The molecule has 1 aromatic rings. The zero-order valence-corrected chi connectivity index (χ0v) is 16.6. The molecule has 0 atom stereocenters. The Bertz CT molecular complexity index is 732. The predicted molar refractivity (Wildman–Crippen MR) is 109 cm³/mol. The molecule has 0 spiro atoms. The van der Waals surface area contributed by atoms with Crippen molar-refractivity contribution in [3.63, 3.8) is 0 Å². The Kier molecular flexibility index (Phi) is 7.42. The first-order chi connectivity index (χ1) is 12.5. The maximum atomic E-state index is 12.3. The van der Waals surface area contributed by atoms with E-state index in [-0.39, 0.29) is 17.5 Å². The summed E-state index contributed by atoms with van der Waals surface area (Å²) in [6, 6.07) is 8.22. The number of allylic oxidation sites excluding steroid dienone is 3. The average molecular weight is 376 g/mol. The third-order valence-corrected chi connectivity index (χ3v) is 4.70. The van der Waals surface area contributed by atoms with E-state index in [1.54, 1.807) is 6.08 Å². The molecule has 5 nitrogen and oxygen atoms in total. The summed E-state index contributed by atoms with van der Waals surface area (Å²) in [4.78, 5) is 18.8. The van der Waals surface area contributed by atoms with Crippen LogP contribution in [0.5, 0.6) is 0 Å². The molecule has 0 fully saturated rings. The molecule has 6 heteroatoms. The van der Waals surface area contributed by atoms with Gasteiger partial charge in [0.15, 0.2) is 0 Å². The fourth-order valence-corrected chi connectivity index (χ4v) is 3.20.